The highest BCUT2D eigenvalue weighted by Gasteiger charge is 2.50. The second kappa shape index (κ2) is 7.33. The van der Waals surface area contributed by atoms with Crippen molar-refractivity contribution < 1.29 is 9.90 Å². The third-order valence-electron chi connectivity index (χ3n) is 6.48. The van der Waals surface area contributed by atoms with Crippen molar-refractivity contribution in [3.8, 4) is 0 Å². The quantitative estimate of drug-likeness (QED) is 0.803. The Hall–Kier alpha value is -0.610. The number of piperidine rings is 3. The van der Waals surface area contributed by atoms with Crippen LogP contribution in [0.5, 0.6) is 0 Å². The maximum atomic E-state index is 13.2. The number of aliphatic hydroxyl groups is 1. The molecule has 4 heteroatoms. The molecule has 0 saturated carbocycles. The van der Waals surface area contributed by atoms with Crippen molar-refractivity contribution in [2.75, 3.05) is 26.2 Å². The van der Waals surface area contributed by atoms with Crippen LogP contribution in [-0.4, -0.2) is 59.1 Å². The van der Waals surface area contributed by atoms with Crippen molar-refractivity contribution in [1.82, 2.24) is 9.80 Å². The molecule has 0 aromatic carbocycles. The smallest absolute Gasteiger partial charge is 0.228 e. The van der Waals surface area contributed by atoms with Gasteiger partial charge in [-0.2, -0.15) is 0 Å². The average Bonchev–Trinajstić information content (AvgIpc) is 2.55. The minimum absolute atomic E-state index is 0.267. The molecule has 1 N–H and O–H groups in total. The fourth-order valence-electron chi connectivity index (χ4n) is 5.49. The van der Waals surface area contributed by atoms with Gasteiger partial charge >= 0.3 is 0 Å². The Balaban J connectivity index is 1.84. The van der Waals surface area contributed by atoms with Crippen molar-refractivity contribution >= 4 is 5.91 Å². The number of unbranched alkanes of at least 4 members (excludes halogenated alkanes) is 1. The topological polar surface area (TPSA) is 43.8 Å². The van der Waals surface area contributed by atoms with Crippen molar-refractivity contribution in [3.63, 3.8) is 0 Å². The molecule has 3 fully saturated rings. The average molecular weight is 337 g/mol. The summed E-state index contributed by atoms with van der Waals surface area (Å²) in [7, 11) is 0. The van der Waals surface area contributed by atoms with E-state index in [1.54, 1.807) is 0 Å². The van der Waals surface area contributed by atoms with E-state index < -0.39 is 0 Å². The van der Waals surface area contributed by atoms with Crippen LogP contribution in [0.15, 0.2) is 0 Å². The zero-order chi connectivity index (χ0) is 17.3. The van der Waals surface area contributed by atoms with Crippen molar-refractivity contribution in [2.45, 2.75) is 77.8 Å². The highest BCUT2D eigenvalue weighted by Crippen LogP contribution is 2.44. The molecule has 3 aliphatic heterocycles. The molecule has 24 heavy (non-hydrogen) atoms. The molecule has 3 aliphatic rings. The Kier molecular flexibility index (Phi) is 5.55. The SMILES string of the molecule is CC(C)(C)C(=O)N1C[C@H]2CCCN3CCC[C@@H]([C@H]23)[C@H]1CCCCO. The van der Waals surface area contributed by atoms with Crippen molar-refractivity contribution in [1.29, 1.82) is 0 Å². The molecule has 0 aromatic rings. The summed E-state index contributed by atoms with van der Waals surface area (Å²) in [5.41, 5.74) is -0.301. The Bertz CT molecular complexity index is 443. The van der Waals surface area contributed by atoms with Gasteiger partial charge in [0.05, 0.1) is 0 Å². The zero-order valence-electron chi connectivity index (χ0n) is 15.8. The summed E-state index contributed by atoms with van der Waals surface area (Å²) in [6.07, 6.45) is 8.08. The lowest BCUT2D eigenvalue weighted by Crippen LogP contribution is -2.66. The predicted octanol–water partition coefficient (Wildman–Crippen LogP) is 2.90. The molecule has 3 heterocycles. The van der Waals surface area contributed by atoms with Gasteiger partial charge < -0.3 is 10.0 Å². The highest BCUT2D eigenvalue weighted by molar-refractivity contribution is 5.82. The van der Waals surface area contributed by atoms with Gasteiger partial charge in [0, 0.05) is 30.7 Å². The molecule has 3 rings (SSSR count). The van der Waals surface area contributed by atoms with Gasteiger partial charge in [0.25, 0.3) is 0 Å². The third-order valence-corrected chi connectivity index (χ3v) is 6.48. The summed E-state index contributed by atoms with van der Waals surface area (Å²) in [5.74, 6) is 1.64. The van der Waals surface area contributed by atoms with Gasteiger partial charge in [-0.15, -0.1) is 0 Å². The summed E-state index contributed by atoms with van der Waals surface area (Å²) in [4.78, 5) is 18.2. The number of amides is 1. The normalized spacial score (nSPS) is 34.1. The van der Waals surface area contributed by atoms with Crippen LogP contribution in [0.3, 0.4) is 0 Å². The molecule has 138 valence electrons. The van der Waals surface area contributed by atoms with Crippen LogP contribution in [-0.2, 0) is 4.79 Å². The van der Waals surface area contributed by atoms with Crippen molar-refractivity contribution in [3.05, 3.63) is 0 Å². The molecule has 0 bridgehead atoms. The van der Waals surface area contributed by atoms with Crippen LogP contribution in [0.2, 0.25) is 0 Å². The first-order chi connectivity index (χ1) is 11.4. The van der Waals surface area contributed by atoms with Gasteiger partial charge in [-0.25, -0.2) is 0 Å². The van der Waals surface area contributed by atoms with Crippen molar-refractivity contribution in [2.24, 2.45) is 17.3 Å². The molecule has 0 aliphatic carbocycles. The molecular weight excluding hydrogens is 300 g/mol. The minimum Gasteiger partial charge on any atom is -0.396 e. The van der Waals surface area contributed by atoms with Crippen LogP contribution < -0.4 is 0 Å². The molecule has 0 radical (unpaired) electrons. The Morgan fingerprint density at radius 3 is 2.50 bits per heavy atom. The Morgan fingerprint density at radius 1 is 1.12 bits per heavy atom. The first-order valence-electron chi connectivity index (χ1n) is 10.1. The van der Waals surface area contributed by atoms with E-state index in [1.165, 1.54) is 38.8 Å². The zero-order valence-corrected chi connectivity index (χ0v) is 15.8. The number of rotatable bonds is 4. The van der Waals surface area contributed by atoms with E-state index >= 15 is 0 Å². The Morgan fingerprint density at radius 2 is 1.83 bits per heavy atom. The molecule has 0 unspecified atom stereocenters. The largest absolute Gasteiger partial charge is 0.396 e. The van der Waals surface area contributed by atoms with Crippen LogP contribution >= 0.6 is 0 Å². The van der Waals surface area contributed by atoms with Gasteiger partial charge in [0.15, 0.2) is 0 Å². The van der Waals surface area contributed by atoms with Crippen LogP contribution in [0.4, 0.5) is 0 Å². The standard InChI is InChI=1S/C20H36N2O2/c1-20(2,3)19(24)22-14-15-8-6-11-21-12-7-9-16(18(15)21)17(22)10-4-5-13-23/h15-18,23H,4-14H2,1-3H3/t15-,16-,17-,18+/m1/s1. The van der Waals surface area contributed by atoms with E-state index in [1.807, 2.05) is 0 Å². The maximum Gasteiger partial charge on any atom is 0.228 e. The molecule has 4 nitrogen and oxygen atoms in total. The summed E-state index contributed by atoms with van der Waals surface area (Å²) in [6.45, 7) is 9.91. The number of carbonyl (C=O) groups excluding carboxylic acids is 1. The first kappa shape index (κ1) is 18.2. The van der Waals surface area contributed by atoms with Gasteiger partial charge in [0.1, 0.15) is 0 Å². The summed E-state index contributed by atoms with van der Waals surface area (Å²) in [6, 6.07) is 1.08. The number of likely N-dealkylation sites (tertiary alicyclic amines) is 1. The highest BCUT2D eigenvalue weighted by atomic mass is 16.2. The second-order valence-electron chi connectivity index (χ2n) is 9.23. The van der Waals surface area contributed by atoms with Crippen LogP contribution in [0.25, 0.3) is 0 Å². The molecular formula is C20H36N2O2. The lowest BCUT2D eigenvalue weighted by molar-refractivity contribution is -0.154. The summed E-state index contributed by atoms with van der Waals surface area (Å²) < 4.78 is 0. The fraction of sp³-hybridized carbons (Fsp3) is 0.950. The maximum absolute atomic E-state index is 13.2. The van der Waals surface area contributed by atoms with Crippen LogP contribution in [0.1, 0.15) is 65.7 Å². The second-order valence-corrected chi connectivity index (χ2v) is 9.23. The molecule has 4 atom stereocenters. The lowest BCUT2D eigenvalue weighted by Gasteiger charge is -2.58. The molecule has 1 amide bonds. The number of hydrogen-bond donors (Lipinski definition) is 1. The van der Waals surface area contributed by atoms with Gasteiger partial charge in [-0.05, 0) is 69.9 Å². The van der Waals surface area contributed by atoms with E-state index in [4.69, 9.17) is 0 Å². The van der Waals surface area contributed by atoms with E-state index in [-0.39, 0.29) is 12.0 Å². The van der Waals surface area contributed by atoms with Gasteiger partial charge in [-0.3, -0.25) is 9.69 Å². The molecule has 3 saturated heterocycles. The minimum atomic E-state index is -0.301. The van der Waals surface area contributed by atoms with Crippen LogP contribution in [0, 0.1) is 17.3 Å². The number of carbonyl (C=O) groups is 1. The Labute approximate surface area is 147 Å². The molecule has 0 aromatic heterocycles. The first-order valence-corrected chi connectivity index (χ1v) is 10.1. The fourth-order valence-corrected chi connectivity index (χ4v) is 5.49. The van der Waals surface area contributed by atoms with E-state index in [0.717, 1.165) is 25.8 Å². The van der Waals surface area contributed by atoms with Gasteiger partial charge in [-0.1, -0.05) is 20.8 Å². The number of hydrogen-bond acceptors (Lipinski definition) is 3. The third kappa shape index (κ3) is 3.50. The monoisotopic (exact) mass is 336 g/mol. The lowest BCUT2D eigenvalue weighted by atomic mass is 9.68. The number of aliphatic hydroxyl groups excluding tert-OH is 1. The van der Waals surface area contributed by atoms with E-state index in [0.29, 0.717) is 29.8 Å². The van der Waals surface area contributed by atoms with Gasteiger partial charge in [0.2, 0.25) is 5.91 Å². The predicted molar refractivity (Wildman–Crippen MR) is 96.7 cm³/mol. The molecule has 0 spiro atoms. The summed E-state index contributed by atoms with van der Waals surface area (Å²) >= 11 is 0. The van der Waals surface area contributed by atoms with E-state index in [2.05, 4.69) is 30.6 Å². The van der Waals surface area contributed by atoms with E-state index in [9.17, 15) is 9.90 Å². The number of nitrogens with zero attached hydrogens (tertiary/aromatic N) is 2. The summed E-state index contributed by atoms with van der Waals surface area (Å²) in [5, 5.41) is 9.18.